The van der Waals surface area contributed by atoms with Gasteiger partial charge in [-0.1, -0.05) is 44.2 Å². The minimum absolute atomic E-state index is 0.199. The van der Waals surface area contributed by atoms with Crippen molar-refractivity contribution in [3.05, 3.63) is 35.9 Å². The van der Waals surface area contributed by atoms with Crippen LogP contribution in [0, 0.1) is 5.92 Å². The van der Waals surface area contributed by atoms with Gasteiger partial charge in [0.05, 0.1) is 0 Å². The summed E-state index contributed by atoms with van der Waals surface area (Å²) in [5, 5.41) is 11.6. The summed E-state index contributed by atoms with van der Waals surface area (Å²) in [4.78, 5) is 23.2. The molecule has 0 radical (unpaired) electrons. The zero-order valence-corrected chi connectivity index (χ0v) is 11.3. The second kappa shape index (κ2) is 6.89. The summed E-state index contributed by atoms with van der Waals surface area (Å²) in [7, 11) is 1.42. The van der Waals surface area contributed by atoms with Crippen molar-refractivity contribution in [2.24, 2.45) is 5.92 Å². The second-order valence-electron chi connectivity index (χ2n) is 4.59. The van der Waals surface area contributed by atoms with Crippen LogP contribution in [0.15, 0.2) is 30.3 Å². The smallest absolute Gasteiger partial charge is 0.326 e. The molecule has 2 unspecified atom stereocenters. The van der Waals surface area contributed by atoms with Crippen molar-refractivity contribution < 1.29 is 19.4 Å². The number of hydrogen-bond acceptors (Lipinski definition) is 3. The van der Waals surface area contributed by atoms with E-state index in [2.05, 4.69) is 5.32 Å². The average molecular weight is 265 g/mol. The molecule has 5 nitrogen and oxygen atoms in total. The van der Waals surface area contributed by atoms with Crippen molar-refractivity contribution in [2.75, 3.05) is 7.11 Å². The summed E-state index contributed by atoms with van der Waals surface area (Å²) in [6.07, 6.45) is -0.804. The summed E-state index contributed by atoms with van der Waals surface area (Å²) >= 11 is 0. The van der Waals surface area contributed by atoms with E-state index in [1.54, 1.807) is 38.1 Å². The summed E-state index contributed by atoms with van der Waals surface area (Å²) in [5.74, 6) is -1.70. The fourth-order valence-electron chi connectivity index (χ4n) is 1.76. The fraction of sp³-hybridized carbons (Fsp3) is 0.429. The zero-order valence-electron chi connectivity index (χ0n) is 11.3. The van der Waals surface area contributed by atoms with Gasteiger partial charge in [0.25, 0.3) is 5.91 Å². The predicted octanol–water partition coefficient (Wildman–Crippen LogP) is 1.60. The maximum absolute atomic E-state index is 12.1. The number of methoxy groups -OCH3 is 1. The SMILES string of the molecule is COC(C(=O)NC(C(=O)O)C(C)C)c1ccccc1. The molecule has 2 atom stereocenters. The van der Waals surface area contributed by atoms with Gasteiger partial charge in [-0.05, 0) is 11.5 Å². The van der Waals surface area contributed by atoms with Crippen LogP contribution in [0.3, 0.4) is 0 Å². The van der Waals surface area contributed by atoms with Crippen LogP contribution in [0.1, 0.15) is 25.5 Å². The third-order valence-corrected chi connectivity index (χ3v) is 2.81. The van der Waals surface area contributed by atoms with Gasteiger partial charge in [0.2, 0.25) is 0 Å². The summed E-state index contributed by atoms with van der Waals surface area (Å²) in [6, 6.07) is 8.03. The minimum atomic E-state index is -1.05. The van der Waals surface area contributed by atoms with Crippen LogP contribution in [0.2, 0.25) is 0 Å². The van der Waals surface area contributed by atoms with Crippen LogP contribution in [0.5, 0.6) is 0 Å². The van der Waals surface area contributed by atoms with Gasteiger partial charge < -0.3 is 15.2 Å². The Bertz CT molecular complexity index is 430. The van der Waals surface area contributed by atoms with Crippen molar-refractivity contribution in [2.45, 2.75) is 26.0 Å². The van der Waals surface area contributed by atoms with Crippen LogP contribution < -0.4 is 5.32 Å². The Labute approximate surface area is 112 Å². The first-order chi connectivity index (χ1) is 8.97. The number of benzene rings is 1. The van der Waals surface area contributed by atoms with Crippen LogP contribution >= 0.6 is 0 Å². The number of aliphatic carboxylic acids is 1. The molecular formula is C14H19NO4. The summed E-state index contributed by atoms with van der Waals surface area (Å²) < 4.78 is 5.15. The molecule has 19 heavy (non-hydrogen) atoms. The van der Waals surface area contributed by atoms with E-state index in [-0.39, 0.29) is 5.92 Å². The van der Waals surface area contributed by atoms with Gasteiger partial charge >= 0.3 is 5.97 Å². The second-order valence-corrected chi connectivity index (χ2v) is 4.59. The van der Waals surface area contributed by atoms with Gasteiger partial charge in [-0.15, -0.1) is 0 Å². The molecule has 0 fully saturated rings. The third kappa shape index (κ3) is 4.06. The average Bonchev–Trinajstić information content (AvgIpc) is 2.37. The van der Waals surface area contributed by atoms with Crippen LogP contribution in [0.4, 0.5) is 0 Å². The normalized spacial score (nSPS) is 13.9. The van der Waals surface area contributed by atoms with Gasteiger partial charge in [0, 0.05) is 7.11 Å². The molecule has 1 amide bonds. The Morgan fingerprint density at radius 2 is 1.79 bits per heavy atom. The monoisotopic (exact) mass is 265 g/mol. The zero-order chi connectivity index (χ0) is 14.4. The van der Waals surface area contributed by atoms with Gasteiger partial charge in [-0.25, -0.2) is 4.79 Å². The van der Waals surface area contributed by atoms with E-state index in [1.165, 1.54) is 7.11 Å². The maximum atomic E-state index is 12.1. The van der Waals surface area contributed by atoms with Gasteiger partial charge in [-0.3, -0.25) is 4.79 Å². The van der Waals surface area contributed by atoms with Crippen molar-refractivity contribution in [3.8, 4) is 0 Å². The van der Waals surface area contributed by atoms with Crippen LogP contribution in [-0.2, 0) is 14.3 Å². The number of carboxylic acids is 1. The number of amides is 1. The standard InChI is InChI=1S/C14H19NO4/c1-9(2)11(14(17)18)15-13(16)12(19-3)10-7-5-4-6-8-10/h4-9,11-12H,1-3H3,(H,15,16)(H,17,18). The largest absolute Gasteiger partial charge is 0.480 e. The highest BCUT2D eigenvalue weighted by atomic mass is 16.5. The quantitative estimate of drug-likeness (QED) is 0.819. The molecule has 0 aliphatic rings. The van der Waals surface area contributed by atoms with Crippen LogP contribution in [0.25, 0.3) is 0 Å². The van der Waals surface area contributed by atoms with Crippen molar-refractivity contribution in [3.63, 3.8) is 0 Å². The fourth-order valence-corrected chi connectivity index (χ4v) is 1.76. The van der Waals surface area contributed by atoms with E-state index in [4.69, 9.17) is 9.84 Å². The van der Waals surface area contributed by atoms with Crippen molar-refractivity contribution >= 4 is 11.9 Å². The third-order valence-electron chi connectivity index (χ3n) is 2.81. The molecule has 0 spiro atoms. The Balaban J connectivity index is 2.83. The molecule has 0 bridgehead atoms. The van der Waals surface area contributed by atoms with E-state index in [0.717, 1.165) is 0 Å². The first kappa shape index (κ1) is 15.2. The number of ether oxygens (including phenoxy) is 1. The predicted molar refractivity (Wildman–Crippen MR) is 70.6 cm³/mol. The molecule has 1 aromatic rings. The number of carbonyl (C=O) groups excluding carboxylic acids is 1. The topological polar surface area (TPSA) is 75.6 Å². The molecule has 2 N–H and O–H groups in total. The molecule has 5 heteroatoms. The lowest BCUT2D eigenvalue weighted by atomic mass is 10.0. The highest BCUT2D eigenvalue weighted by Gasteiger charge is 2.28. The Morgan fingerprint density at radius 3 is 2.21 bits per heavy atom. The number of rotatable bonds is 6. The molecule has 0 heterocycles. The lowest BCUT2D eigenvalue weighted by molar-refractivity contribution is -0.145. The molecular weight excluding hydrogens is 246 g/mol. The lowest BCUT2D eigenvalue weighted by Crippen LogP contribution is -2.46. The minimum Gasteiger partial charge on any atom is -0.480 e. The van der Waals surface area contributed by atoms with Crippen LogP contribution in [-0.4, -0.2) is 30.1 Å². The first-order valence-electron chi connectivity index (χ1n) is 6.08. The number of hydrogen-bond donors (Lipinski definition) is 2. The maximum Gasteiger partial charge on any atom is 0.326 e. The summed E-state index contributed by atoms with van der Waals surface area (Å²) in [5.41, 5.74) is 0.690. The molecule has 0 saturated carbocycles. The number of nitrogens with one attached hydrogen (secondary N) is 1. The Morgan fingerprint density at radius 1 is 1.21 bits per heavy atom. The molecule has 1 aromatic carbocycles. The van der Waals surface area contributed by atoms with E-state index < -0.39 is 24.0 Å². The summed E-state index contributed by atoms with van der Waals surface area (Å²) in [6.45, 7) is 3.48. The molecule has 1 rings (SSSR count). The molecule has 0 aliphatic carbocycles. The van der Waals surface area contributed by atoms with Crippen molar-refractivity contribution in [1.29, 1.82) is 0 Å². The van der Waals surface area contributed by atoms with Crippen molar-refractivity contribution in [1.82, 2.24) is 5.32 Å². The van der Waals surface area contributed by atoms with Gasteiger partial charge in [-0.2, -0.15) is 0 Å². The Hall–Kier alpha value is -1.88. The number of carbonyl (C=O) groups is 2. The van der Waals surface area contributed by atoms with E-state index in [9.17, 15) is 9.59 Å². The van der Waals surface area contributed by atoms with E-state index in [0.29, 0.717) is 5.56 Å². The lowest BCUT2D eigenvalue weighted by Gasteiger charge is -2.21. The van der Waals surface area contributed by atoms with Gasteiger partial charge in [0.1, 0.15) is 6.04 Å². The highest BCUT2D eigenvalue weighted by Crippen LogP contribution is 2.17. The Kier molecular flexibility index (Phi) is 5.51. The number of carboxylic acid groups (broad SMARTS) is 1. The van der Waals surface area contributed by atoms with E-state index >= 15 is 0 Å². The molecule has 0 aliphatic heterocycles. The van der Waals surface area contributed by atoms with Gasteiger partial charge in [0.15, 0.2) is 6.10 Å². The highest BCUT2D eigenvalue weighted by molar-refractivity contribution is 5.87. The molecule has 0 saturated heterocycles. The van der Waals surface area contributed by atoms with E-state index in [1.807, 2.05) is 6.07 Å². The molecule has 104 valence electrons. The first-order valence-corrected chi connectivity index (χ1v) is 6.08. The molecule has 0 aromatic heterocycles.